The third kappa shape index (κ3) is 3.54. The summed E-state index contributed by atoms with van der Waals surface area (Å²) in [5.74, 6) is 0.772. The lowest BCUT2D eigenvalue weighted by Gasteiger charge is -2.18. The number of carbonyl (C=O) groups is 1. The molecule has 0 aliphatic carbocycles. The Morgan fingerprint density at radius 2 is 2.12 bits per heavy atom. The molecule has 0 radical (unpaired) electrons. The minimum absolute atomic E-state index is 0.616. The largest absolute Gasteiger partial charge is 0.496 e. The van der Waals surface area contributed by atoms with E-state index in [1.54, 1.807) is 19.2 Å². The summed E-state index contributed by atoms with van der Waals surface area (Å²) in [6.07, 6.45) is 0. The number of hydrogen-bond donors (Lipinski definition) is 2. The number of urea groups is 1. The lowest BCUT2D eigenvalue weighted by molar-refractivity contribution is 0.257. The minimum Gasteiger partial charge on any atom is -0.496 e. The van der Waals surface area contributed by atoms with Gasteiger partial charge in [-0.3, -0.25) is 0 Å². The monoisotopic (exact) mass is 255 g/mol. The van der Waals surface area contributed by atoms with Gasteiger partial charge in [-0.1, -0.05) is 12.8 Å². The number of nitrogens with zero attached hydrogens (tertiary/aromatic N) is 2. The average Bonchev–Trinajstić information content (AvgIpc) is 2.27. The van der Waals surface area contributed by atoms with E-state index in [0.29, 0.717) is 12.2 Å². The summed E-state index contributed by atoms with van der Waals surface area (Å²) >= 11 is 4.02. The smallest absolute Gasteiger partial charge is 0.329 e. The van der Waals surface area contributed by atoms with Crippen LogP contribution in [0, 0.1) is 0 Å². The van der Waals surface area contributed by atoms with Crippen LogP contribution in [0.4, 0.5) is 10.5 Å². The van der Waals surface area contributed by atoms with Crippen LogP contribution in [0.5, 0.6) is 5.75 Å². The molecule has 0 atom stereocenters. The molecule has 0 spiro atoms. The van der Waals surface area contributed by atoms with E-state index in [1.807, 2.05) is 25.1 Å². The SMILES string of the molecule is COc1ccc(N(S)C(N)=O)cc1CN(C)C. The molecule has 0 bridgehead atoms. The van der Waals surface area contributed by atoms with Crippen molar-refractivity contribution in [3.05, 3.63) is 23.8 Å². The molecule has 1 aromatic rings. The van der Waals surface area contributed by atoms with Gasteiger partial charge in [-0.2, -0.15) is 0 Å². The maximum atomic E-state index is 11.0. The molecule has 1 rings (SSSR count). The Balaban J connectivity index is 3.08. The fourth-order valence-electron chi connectivity index (χ4n) is 1.49. The van der Waals surface area contributed by atoms with Gasteiger partial charge in [-0.25, -0.2) is 9.10 Å². The zero-order valence-corrected chi connectivity index (χ0v) is 11.1. The van der Waals surface area contributed by atoms with Crippen molar-refractivity contribution in [1.29, 1.82) is 0 Å². The van der Waals surface area contributed by atoms with Gasteiger partial charge in [-0.15, -0.1) is 0 Å². The normalized spacial score (nSPS) is 10.4. The molecule has 2 amide bonds. The highest BCUT2D eigenvalue weighted by atomic mass is 32.1. The van der Waals surface area contributed by atoms with Crippen LogP contribution in [-0.2, 0) is 6.54 Å². The Bertz CT molecular complexity index is 410. The molecule has 0 heterocycles. The van der Waals surface area contributed by atoms with Crippen LogP contribution in [0.2, 0.25) is 0 Å². The third-order valence-corrected chi connectivity index (χ3v) is 2.63. The van der Waals surface area contributed by atoms with Crippen molar-refractivity contribution >= 4 is 24.5 Å². The molecular weight excluding hydrogens is 238 g/mol. The predicted molar refractivity (Wildman–Crippen MR) is 71.4 cm³/mol. The topological polar surface area (TPSA) is 58.8 Å². The van der Waals surface area contributed by atoms with Crippen molar-refractivity contribution in [2.75, 3.05) is 25.5 Å². The van der Waals surface area contributed by atoms with Gasteiger partial charge in [0.2, 0.25) is 0 Å². The lowest BCUT2D eigenvalue weighted by atomic mass is 10.1. The van der Waals surface area contributed by atoms with E-state index in [1.165, 1.54) is 0 Å². The summed E-state index contributed by atoms with van der Waals surface area (Å²) in [5.41, 5.74) is 6.75. The number of rotatable bonds is 4. The number of carbonyl (C=O) groups excluding carboxylic acids is 1. The second-order valence-electron chi connectivity index (χ2n) is 3.88. The van der Waals surface area contributed by atoms with Gasteiger partial charge in [0.1, 0.15) is 5.75 Å². The number of primary amides is 1. The second-order valence-corrected chi connectivity index (χ2v) is 4.28. The summed E-state index contributed by atoms with van der Waals surface area (Å²) in [7, 11) is 5.53. The minimum atomic E-state index is -0.616. The Morgan fingerprint density at radius 1 is 1.47 bits per heavy atom. The summed E-state index contributed by atoms with van der Waals surface area (Å²) < 4.78 is 6.35. The van der Waals surface area contributed by atoms with Crippen LogP contribution in [0.1, 0.15) is 5.56 Å². The number of hydrogen-bond acceptors (Lipinski definition) is 4. The van der Waals surface area contributed by atoms with Crippen LogP contribution in [0.25, 0.3) is 0 Å². The molecule has 2 N–H and O–H groups in total. The number of amides is 2. The van der Waals surface area contributed by atoms with Gasteiger partial charge in [0.15, 0.2) is 0 Å². The lowest BCUT2D eigenvalue weighted by Crippen LogP contribution is -2.27. The zero-order valence-electron chi connectivity index (χ0n) is 10.2. The Morgan fingerprint density at radius 3 is 2.59 bits per heavy atom. The van der Waals surface area contributed by atoms with Gasteiger partial charge in [0.05, 0.1) is 12.8 Å². The first kappa shape index (κ1) is 13.7. The van der Waals surface area contributed by atoms with Crippen molar-refractivity contribution in [3.63, 3.8) is 0 Å². The van der Waals surface area contributed by atoms with E-state index in [2.05, 4.69) is 12.8 Å². The van der Waals surface area contributed by atoms with Gasteiger partial charge >= 0.3 is 6.03 Å². The molecule has 0 aliphatic rings. The van der Waals surface area contributed by atoms with Gasteiger partial charge < -0.3 is 15.4 Å². The number of benzene rings is 1. The Hall–Kier alpha value is -1.40. The molecule has 17 heavy (non-hydrogen) atoms. The van der Waals surface area contributed by atoms with Gasteiger partial charge in [-0.05, 0) is 32.3 Å². The van der Waals surface area contributed by atoms with Crippen LogP contribution >= 0.6 is 12.8 Å². The summed E-state index contributed by atoms with van der Waals surface area (Å²) in [4.78, 5) is 13.0. The molecule has 0 saturated carbocycles. The Kier molecular flexibility index (Phi) is 4.65. The maximum absolute atomic E-state index is 11.0. The van der Waals surface area contributed by atoms with Crippen LogP contribution in [-0.4, -0.2) is 32.1 Å². The number of thiol groups is 1. The van der Waals surface area contributed by atoms with Crippen LogP contribution in [0.3, 0.4) is 0 Å². The van der Waals surface area contributed by atoms with E-state index in [0.717, 1.165) is 15.6 Å². The van der Waals surface area contributed by atoms with Gasteiger partial charge in [0.25, 0.3) is 0 Å². The number of nitrogens with two attached hydrogens (primary N) is 1. The van der Waals surface area contributed by atoms with E-state index < -0.39 is 6.03 Å². The first-order valence-corrected chi connectivity index (χ1v) is 5.45. The van der Waals surface area contributed by atoms with Crippen molar-refractivity contribution in [2.24, 2.45) is 5.73 Å². The fourth-order valence-corrected chi connectivity index (χ4v) is 1.61. The summed E-state index contributed by atoms with van der Waals surface area (Å²) in [6.45, 7) is 0.706. The van der Waals surface area contributed by atoms with E-state index >= 15 is 0 Å². The average molecular weight is 255 g/mol. The van der Waals surface area contributed by atoms with Crippen molar-refractivity contribution in [3.8, 4) is 5.75 Å². The number of anilines is 1. The zero-order chi connectivity index (χ0) is 13.0. The van der Waals surface area contributed by atoms with Crippen molar-refractivity contribution < 1.29 is 9.53 Å². The summed E-state index contributed by atoms with van der Waals surface area (Å²) in [6, 6.07) is 4.74. The standard InChI is InChI=1S/C11H17N3O2S/c1-13(2)7-8-6-9(14(17)11(12)15)4-5-10(8)16-3/h4-6,17H,7H2,1-3H3,(H2,12,15). The fraction of sp³-hybridized carbons (Fsp3) is 0.364. The molecule has 94 valence electrons. The molecule has 0 aromatic heterocycles. The van der Waals surface area contributed by atoms with E-state index in [9.17, 15) is 4.79 Å². The highest BCUT2D eigenvalue weighted by molar-refractivity contribution is 7.82. The molecule has 1 aromatic carbocycles. The first-order valence-electron chi connectivity index (χ1n) is 5.05. The molecule has 6 heteroatoms. The second kappa shape index (κ2) is 5.79. The first-order chi connectivity index (χ1) is 7.95. The highest BCUT2D eigenvalue weighted by Gasteiger charge is 2.11. The van der Waals surface area contributed by atoms with Crippen molar-refractivity contribution in [2.45, 2.75) is 6.54 Å². The predicted octanol–water partition coefficient (Wildman–Crippen LogP) is 1.49. The van der Waals surface area contributed by atoms with E-state index in [-0.39, 0.29) is 0 Å². The third-order valence-electron chi connectivity index (χ3n) is 2.20. The molecule has 0 aliphatic heterocycles. The Labute approximate surface area is 107 Å². The number of methoxy groups -OCH3 is 1. The van der Waals surface area contributed by atoms with Crippen molar-refractivity contribution in [1.82, 2.24) is 4.90 Å². The van der Waals surface area contributed by atoms with E-state index in [4.69, 9.17) is 10.5 Å². The van der Waals surface area contributed by atoms with Crippen LogP contribution in [0.15, 0.2) is 18.2 Å². The molecular formula is C11H17N3O2S. The maximum Gasteiger partial charge on any atom is 0.329 e. The molecule has 0 fully saturated rings. The molecule has 0 saturated heterocycles. The number of ether oxygens (including phenoxy) is 1. The quantitative estimate of drug-likeness (QED) is 0.801. The molecule has 0 unspecified atom stereocenters. The van der Waals surface area contributed by atoms with Gasteiger partial charge in [0, 0.05) is 12.1 Å². The highest BCUT2D eigenvalue weighted by Crippen LogP contribution is 2.26. The molecule has 5 nitrogen and oxygen atoms in total. The summed E-state index contributed by atoms with van der Waals surface area (Å²) in [5, 5.41) is 0. The van der Waals surface area contributed by atoms with Crippen LogP contribution < -0.4 is 14.8 Å².